The number of likely N-dealkylation sites (tertiary alicyclic amines) is 1. The van der Waals surface area contributed by atoms with E-state index in [1.54, 1.807) is 46.1 Å². The Kier molecular flexibility index (Phi) is 8.56. The van der Waals surface area contributed by atoms with Gasteiger partial charge in [-0.05, 0) is 76.2 Å². The van der Waals surface area contributed by atoms with Gasteiger partial charge in [0.05, 0.1) is 12.6 Å². The second-order valence-electron chi connectivity index (χ2n) is 10.5. The van der Waals surface area contributed by atoms with Gasteiger partial charge in [-0.25, -0.2) is 12.8 Å². The average Bonchev–Trinajstić information content (AvgIpc) is 2.85. The van der Waals surface area contributed by atoms with Crippen molar-refractivity contribution >= 4 is 16.0 Å². The van der Waals surface area contributed by atoms with Crippen molar-refractivity contribution in [2.24, 2.45) is 4.40 Å². The normalized spacial score (nSPS) is 22.6. The number of nitrogens with one attached hydrogen (secondary N) is 1. The zero-order valence-electron chi connectivity index (χ0n) is 22.1. The van der Waals surface area contributed by atoms with E-state index in [0.717, 1.165) is 44.6 Å². The summed E-state index contributed by atoms with van der Waals surface area (Å²) in [6, 6.07) is 14.0. The minimum atomic E-state index is -3.87. The van der Waals surface area contributed by atoms with Crippen molar-refractivity contribution in [2.45, 2.75) is 62.8 Å². The molecule has 2 heterocycles. The number of halogens is 1. The molecule has 1 fully saturated rings. The number of benzene rings is 2. The maximum atomic E-state index is 14.2. The molecule has 2 aromatic carbocycles. The number of ether oxygens (including phenoxy) is 2. The van der Waals surface area contributed by atoms with Crippen LogP contribution in [0.2, 0.25) is 0 Å². The van der Waals surface area contributed by atoms with Crippen LogP contribution in [0, 0.1) is 5.82 Å². The number of methoxy groups -OCH3 is 1. The molecule has 2 atom stereocenters. The van der Waals surface area contributed by atoms with Crippen LogP contribution in [-0.4, -0.2) is 63.5 Å². The Balaban J connectivity index is 1.41. The number of hydrogen-bond acceptors (Lipinski definition) is 6. The molecule has 1 unspecified atom stereocenters. The van der Waals surface area contributed by atoms with E-state index in [4.69, 9.17) is 9.47 Å². The third-order valence-electron chi connectivity index (χ3n) is 7.49. The van der Waals surface area contributed by atoms with Gasteiger partial charge < -0.3 is 19.7 Å². The summed E-state index contributed by atoms with van der Waals surface area (Å²) in [4.78, 5) is 2.44. The van der Waals surface area contributed by atoms with Crippen molar-refractivity contribution in [2.75, 3.05) is 33.4 Å². The molecule has 1 N–H and O–H groups in total. The van der Waals surface area contributed by atoms with Crippen LogP contribution in [0.15, 0.2) is 52.9 Å². The first kappa shape index (κ1) is 27.5. The van der Waals surface area contributed by atoms with Crippen LogP contribution < -0.4 is 5.32 Å². The van der Waals surface area contributed by atoms with Crippen molar-refractivity contribution in [3.63, 3.8) is 0 Å². The predicted molar refractivity (Wildman–Crippen MR) is 144 cm³/mol. The summed E-state index contributed by atoms with van der Waals surface area (Å²) < 4.78 is 55.7. The summed E-state index contributed by atoms with van der Waals surface area (Å²) in [7, 11) is -2.14. The Labute approximate surface area is 220 Å². The monoisotopic (exact) mass is 531 g/mol. The molecule has 7 nitrogen and oxygen atoms in total. The van der Waals surface area contributed by atoms with Crippen molar-refractivity contribution < 1.29 is 22.3 Å². The summed E-state index contributed by atoms with van der Waals surface area (Å²) in [6.45, 7) is 9.10. The molecular formula is C28H38FN3O4S. The van der Waals surface area contributed by atoms with Gasteiger partial charge in [-0.2, -0.15) is 0 Å². The van der Waals surface area contributed by atoms with Crippen molar-refractivity contribution in [3.8, 4) is 0 Å². The fourth-order valence-corrected chi connectivity index (χ4v) is 6.83. The van der Waals surface area contributed by atoms with Gasteiger partial charge >= 0.3 is 6.02 Å². The largest absolute Gasteiger partial charge is 0.457 e. The van der Waals surface area contributed by atoms with Crippen molar-refractivity contribution in [3.05, 3.63) is 71.0 Å². The second-order valence-corrected chi connectivity index (χ2v) is 12.3. The molecule has 0 bridgehead atoms. The highest BCUT2D eigenvalue weighted by Crippen LogP contribution is 2.33. The summed E-state index contributed by atoms with van der Waals surface area (Å²) in [5.41, 5.74) is 1.61. The summed E-state index contributed by atoms with van der Waals surface area (Å²) in [5, 5.41) is 2.08. The Bertz CT molecular complexity index is 1190. The smallest absolute Gasteiger partial charge is 0.301 e. The van der Waals surface area contributed by atoms with Gasteiger partial charge in [-0.3, -0.25) is 0 Å². The SMILES string of the molecule is COCCN1CCC(c2ccc(CC3C(C)(C)OC(N[C@@H](C)c4ccccc4F)=NS3(=O)=O)cc2)CC1. The average molecular weight is 532 g/mol. The molecule has 1 saturated heterocycles. The molecule has 0 amide bonds. The molecular weight excluding hydrogens is 493 g/mol. The van der Waals surface area contributed by atoms with Crippen molar-refractivity contribution in [1.29, 1.82) is 0 Å². The third kappa shape index (κ3) is 6.69. The molecule has 202 valence electrons. The van der Waals surface area contributed by atoms with Gasteiger partial charge in [-0.15, -0.1) is 4.40 Å². The molecule has 2 aromatic rings. The first-order chi connectivity index (χ1) is 17.6. The van der Waals surface area contributed by atoms with Gasteiger partial charge in [0.2, 0.25) is 0 Å². The lowest BCUT2D eigenvalue weighted by Crippen LogP contribution is -2.52. The zero-order valence-corrected chi connectivity index (χ0v) is 22.9. The van der Waals surface area contributed by atoms with E-state index in [1.807, 2.05) is 12.1 Å². The number of nitrogens with zero attached hydrogens (tertiary/aromatic N) is 2. The van der Waals surface area contributed by atoms with E-state index in [9.17, 15) is 12.8 Å². The van der Waals surface area contributed by atoms with E-state index in [1.165, 1.54) is 11.6 Å². The van der Waals surface area contributed by atoms with Gasteiger partial charge in [0.25, 0.3) is 10.0 Å². The summed E-state index contributed by atoms with van der Waals surface area (Å²) in [6.07, 6.45) is 2.51. The highest BCUT2D eigenvalue weighted by Gasteiger charge is 2.46. The van der Waals surface area contributed by atoms with Gasteiger partial charge in [0, 0.05) is 19.2 Å². The van der Waals surface area contributed by atoms with Crippen LogP contribution >= 0.6 is 0 Å². The molecule has 0 radical (unpaired) electrons. The Morgan fingerprint density at radius 3 is 2.46 bits per heavy atom. The molecule has 9 heteroatoms. The van der Waals surface area contributed by atoms with Crippen LogP contribution in [-0.2, 0) is 25.9 Å². The minimum absolute atomic E-state index is 0.107. The zero-order chi connectivity index (χ0) is 26.6. The molecule has 37 heavy (non-hydrogen) atoms. The highest BCUT2D eigenvalue weighted by atomic mass is 32.2. The van der Waals surface area contributed by atoms with E-state index < -0.39 is 26.9 Å². The van der Waals surface area contributed by atoms with E-state index >= 15 is 0 Å². The Morgan fingerprint density at radius 1 is 1.16 bits per heavy atom. The lowest BCUT2D eigenvalue weighted by Gasteiger charge is -2.37. The fourth-order valence-electron chi connectivity index (χ4n) is 5.22. The molecule has 2 aliphatic heterocycles. The first-order valence-corrected chi connectivity index (χ1v) is 14.4. The van der Waals surface area contributed by atoms with E-state index in [2.05, 4.69) is 26.7 Å². The van der Waals surface area contributed by atoms with E-state index in [0.29, 0.717) is 17.9 Å². The third-order valence-corrected chi connectivity index (χ3v) is 9.36. The predicted octanol–water partition coefficient (Wildman–Crippen LogP) is 4.41. The maximum absolute atomic E-state index is 14.2. The highest BCUT2D eigenvalue weighted by molar-refractivity contribution is 7.91. The van der Waals surface area contributed by atoms with Crippen LogP contribution in [0.3, 0.4) is 0 Å². The molecule has 0 aromatic heterocycles. The van der Waals surface area contributed by atoms with Gasteiger partial charge in [-0.1, -0.05) is 42.5 Å². The molecule has 0 saturated carbocycles. The fraction of sp³-hybridized carbons (Fsp3) is 0.536. The second kappa shape index (κ2) is 11.5. The number of piperidine rings is 1. The Hall–Kier alpha value is -2.49. The van der Waals surface area contributed by atoms with Crippen LogP contribution in [0.25, 0.3) is 0 Å². The number of sulfonamides is 1. The molecule has 0 spiro atoms. The lowest BCUT2D eigenvalue weighted by molar-refractivity contribution is 0.0769. The number of amidine groups is 1. The number of hydrogen-bond donors (Lipinski definition) is 1. The van der Waals surface area contributed by atoms with E-state index in [-0.39, 0.29) is 11.8 Å². The minimum Gasteiger partial charge on any atom is -0.457 e. The van der Waals surface area contributed by atoms with Crippen LogP contribution in [0.5, 0.6) is 0 Å². The molecule has 2 aliphatic rings. The van der Waals surface area contributed by atoms with Crippen LogP contribution in [0.4, 0.5) is 4.39 Å². The molecule has 0 aliphatic carbocycles. The van der Waals surface area contributed by atoms with Crippen LogP contribution in [0.1, 0.15) is 62.3 Å². The quantitative estimate of drug-likeness (QED) is 0.544. The molecule has 4 rings (SSSR count). The first-order valence-electron chi connectivity index (χ1n) is 12.9. The van der Waals surface area contributed by atoms with Crippen molar-refractivity contribution in [1.82, 2.24) is 10.2 Å². The maximum Gasteiger partial charge on any atom is 0.301 e. The summed E-state index contributed by atoms with van der Waals surface area (Å²) in [5.74, 6) is 0.139. The topological polar surface area (TPSA) is 80.2 Å². The van der Waals surface area contributed by atoms with Gasteiger partial charge in [0.1, 0.15) is 16.7 Å². The standard InChI is InChI=1S/C28H38FN3O4S/c1-20(24-7-5-6-8-25(24)29)30-27-31-37(33,34)26(28(2,3)36-27)19-21-9-11-22(12-10-21)23-13-15-32(16-14-23)17-18-35-4/h5-12,20,23,26H,13-19H2,1-4H3,(H,30,31)/t20-,26?/m0/s1. The lowest BCUT2D eigenvalue weighted by atomic mass is 9.88. The Morgan fingerprint density at radius 2 is 1.84 bits per heavy atom. The van der Waals surface area contributed by atoms with Gasteiger partial charge in [0.15, 0.2) is 0 Å². The summed E-state index contributed by atoms with van der Waals surface area (Å²) >= 11 is 0. The number of rotatable bonds is 8.